The molecule has 0 spiro atoms. The Hall–Kier alpha value is -7.28. The van der Waals surface area contributed by atoms with Gasteiger partial charge in [-0.3, -0.25) is 0 Å². The summed E-state index contributed by atoms with van der Waals surface area (Å²) >= 11 is 0. The molecule has 0 unspecified atom stereocenters. The third kappa shape index (κ3) is 6.28. The summed E-state index contributed by atoms with van der Waals surface area (Å²) in [6.07, 6.45) is 0. The Kier molecular flexibility index (Phi) is 8.63. The lowest BCUT2D eigenvalue weighted by Gasteiger charge is -2.21. The van der Waals surface area contributed by atoms with Gasteiger partial charge in [0.05, 0.1) is 0 Å². The smallest absolute Gasteiger partial charge is 0.00257 e. The molecule has 0 heterocycles. The van der Waals surface area contributed by atoms with Gasteiger partial charge in [-0.2, -0.15) is 0 Å². The van der Waals surface area contributed by atoms with E-state index in [2.05, 4.69) is 231 Å². The van der Waals surface area contributed by atoms with E-state index in [1.807, 2.05) is 0 Å². The highest BCUT2D eigenvalue weighted by atomic mass is 14.2. The minimum atomic E-state index is 1.20. The Morgan fingerprint density at radius 1 is 0.143 bits per heavy atom. The van der Waals surface area contributed by atoms with Crippen LogP contribution in [0.4, 0.5) is 0 Å². The van der Waals surface area contributed by atoms with Crippen LogP contribution in [-0.2, 0) is 0 Å². The van der Waals surface area contributed by atoms with Crippen LogP contribution in [0, 0.1) is 0 Å². The van der Waals surface area contributed by atoms with E-state index in [0.29, 0.717) is 0 Å². The lowest BCUT2D eigenvalue weighted by Crippen LogP contribution is -1.94. The molecular weight excluding hydrogens is 673 g/mol. The molecule has 10 rings (SSSR count). The number of fused-ring (bicyclic) bond motifs is 2. The summed E-state index contributed by atoms with van der Waals surface area (Å²) in [7, 11) is 0. The third-order valence-corrected chi connectivity index (χ3v) is 11.0. The van der Waals surface area contributed by atoms with Gasteiger partial charge < -0.3 is 0 Å². The molecule has 0 aromatic heterocycles. The van der Waals surface area contributed by atoms with Gasteiger partial charge in [-0.1, -0.05) is 188 Å². The van der Waals surface area contributed by atoms with Crippen molar-refractivity contribution < 1.29 is 0 Å². The summed E-state index contributed by atoms with van der Waals surface area (Å²) < 4.78 is 0. The van der Waals surface area contributed by atoms with E-state index in [-0.39, 0.29) is 0 Å². The van der Waals surface area contributed by atoms with E-state index in [9.17, 15) is 0 Å². The van der Waals surface area contributed by atoms with Gasteiger partial charge in [-0.15, -0.1) is 0 Å². The van der Waals surface area contributed by atoms with Gasteiger partial charge in [0.1, 0.15) is 0 Å². The summed E-state index contributed by atoms with van der Waals surface area (Å²) in [5, 5.41) is 4.93. The van der Waals surface area contributed by atoms with Crippen LogP contribution >= 0.6 is 0 Å². The van der Waals surface area contributed by atoms with Gasteiger partial charge in [0.15, 0.2) is 0 Å². The van der Waals surface area contributed by atoms with Crippen molar-refractivity contribution in [1.29, 1.82) is 0 Å². The first kappa shape index (κ1) is 33.3. The highest BCUT2D eigenvalue weighted by Crippen LogP contribution is 2.47. The molecule has 0 heteroatoms. The topological polar surface area (TPSA) is 0 Å². The Morgan fingerprint density at radius 3 is 0.768 bits per heavy atom. The van der Waals surface area contributed by atoms with Crippen molar-refractivity contribution in [2.45, 2.75) is 0 Å². The maximum Gasteiger partial charge on any atom is -0.00257 e. The van der Waals surface area contributed by atoms with Crippen molar-refractivity contribution >= 4 is 21.5 Å². The summed E-state index contributed by atoms with van der Waals surface area (Å²) in [5.74, 6) is 0. The number of benzene rings is 10. The Morgan fingerprint density at radius 2 is 0.411 bits per heavy atom. The molecule has 56 heavy (non-hydrogen) atoms. The molecule has 0 aliphatic carbocycles. The number of hydrogen-bond donors (Lipinski definition) is 0. The van der Waals surface area contributed by atoms with Crippen molar-refractivity contribution in [3.8, 4) is 77.9 Å². The largest absolute Gasteiger partial charge is 0.0622 e. The summed E-state index contributed by atoms with van der Waals surface area (Å²) in [5.41, 5.74) is 16.9. The minimum Gasteiger partial charge on any atom is -0.0622 e. The molecule has 0 fully saturated rings. The predicted molar refractivity (Wildman–Crippen MR) is 240 cm³/mol. The van der Waals surface area contributed by atoms with Gasteiger partial charge in [-0.05, 0) is 142 Å². The van der Waals surface area contributed by atoms with Crippen LogP contribution in [-0.4, -0.2) is 0 Å². The van der Waals surface area contributed by atoms with E-state index >= 15 is 0 Å². The number of rotatable bonds is 7. The van der Waals surface area contributed by atoms with Crippen molar-refractivity contribution in [3.63, 3.8) is 0 Å². The molecule has 262 valence electrons. The standard InChI is InChI=1S/C56H38/c1-6-18-39(19-7-1)44-30-31-53-54(38-44)56(50-36-47(42-24-12-4-13-25-42)33-48(37-50)43-26-14-5-15-27-43)52-29-17-16-28-51(52)55(53)49-34-45(40-20-8-2-9-21-40)32-46(35-49)41-22-10-3-11-23-41/h1-38H. The van der Waals surface area contributed by atoms with Gasteiger partial charge in [-0.25, -0.2) is 0 Å². The first-order valence-electron chi connectivity index (χ1n) is 19.3. The average molecular weight is 711 g/mol. The van der Waals surface area contributed by atoms with E-state index in [0.717, 1.165) is 0 Å². The molecule has 0 radical (unpaired) electrons. The summed E-state index contributed by atoms with van der Waals surface area (Å²) in [4.78, 5) is 0. The van der Waals surface area contributed by atoms with Crippen LogP contribution in [0.1, 0.15) is 0 Å². The molecule has 0 nitrogen and oxygen atoms in total. The van der Waals surface area contributed by atoms with Crippen LogP contribution < -0.4 is 0 Å². The lowest BCUT2D eigenvalue weighted by atomic mass is 9.82. The summed E-state index contributed by atoms with van der Waals surface area (Å²) in [6.45, 7) is 0. The fraction of sp³-hybridized carbons (Fsp3) is 0. The van der Waals surface area contributed by atoms with Crippen molar-refractivity contribution in [1.82, 2.24) is 0 Å². The maximum atomic E-state index is 2.42. The molecule has 10 aromatic carbocycles. The maximum absolute atomic E-state index is 2.42. The van der Waals surface area contributed by atoms with Crippen LogP contribution in [0.2, 0.25) is 0 Å². The second kappa shape index (κ2) is 14.5. The van der Waals surface area contributed by atoms with Crippen LogP contribution in [0.5, 0.6) is 0 Å². The first-order valence-corrected chi connectivity index (χ1v) is 19.3. The first-order chi connectivity index (χ1) is 27.8. The Balaban J connectivity index is 1.32. The monoisotopic (exact) mass is 710 g/mol. The van der Waals surface area contributed by atoms with E-state index < -0.39 is 0 Å². The Bertz CT molecular complexity index is 2850. The van der Waals surface area contributed by atoms with Crippen LogP contribution in [0.15, 0.2) is 231 Å². The zero-order chi connectivity index (χ0) is 37.3. The van der Waals surface area contributed by atoms with Crippen molar-refractivity contribution in [2.24, 2.45) is 0 Å². The van der Waals surface area contributed by atoms with Gasteiger partial charge >= 0.3 is 0 Å². The SMILES string of the molecule is c1ccc(-c2cc(-c3ccccc3)cc(-c3c4ccccc4c(-c4cc(-c5ccccc5)cc(-c5ccccc5)c4)c4cc(-c5ccccc5)ccc34)c2)cc1. The normalized spacial score (nSPS) is 11.2. The molecule has 10 aromatic rings. The quantitative estimate of drug-likeness (QED) is 0.144. The molecule has 0 N–H and O–H groups in total. The third-order valence-electron chi connectivity index (χ3n) is 11.0. The van der Waals surface area contributed by atoms with E-state index in [4.69, 9.17) is 0 Å². The van der Waals surface area contributed by atoms with Gasteiger partial charge in [0, 0.05) is 0 Å². The molecule has 0 aliphatic rings. The van der Waals surface area contributed by atoms with Gasteiger partial charge in [0.2, 0.25) is 0 Å². The molecule has 0 bridgehead atoms. The lowest BCUT2D eigenvalue weighted by molar-refractivity contribution is 1.57. The fourth-order valence-electron chi connectivity index (χ4n) is 8.34. The second-order valence-corrected chi connectivity index (χ2v) is 14.5. The summed E-state index contributed by atoms with van der Waals surface area (Å²) in [6, 6.07) is 84.2. The van der Waals surface area contributed by atoms with Crippen molar-refractivity contribution in [3.05, 3.63) is 231 Å². The highest BCUT2D eigenvalue weighted by molar-refractivity contribution is 6.22. The zero-order valence-electron chi connectivity index (χ0n) is 30.9. The average Bonchev–Trinajstić information content (AvgIpc) is 3.29. The predicted octanol–water partition coefficient (Wildman–Crippen LogP) is 15.7. The zero-order valence-corrected chi connectivity index (χ0v) is 30.9. The van der Waals surface area contributed by atoms with E-state index in [1.54, 1.807) is 0 Å². The molecular formula is C56H38. The van der Waals surface area contributed by atoms with Crippen LogP contribution in [0.25, 0.3) is 99.4 Å². The van der Waals surface area contributed by atoms with Crippen molar-refractivity contribution in [2.75, 3.05) is 0 Å². The van der Waals surface area contributed by atoms with Gasteiger partial charge in [0.25, 0.3) is 0 Å². The minimum absolute atomic E-state index is 1.20. The van der Waals surface area contributed by atoms with Crippen LogP contribution in [0.3, 0.4) is 0 Å². The van der Waals surface area contributed by atoms with E-state index in [1.165, 1.54) is 99.4 Å². The molecule has 0 atom stereocenters. The molecule has 0 aliphatic heterocycles. The molecule has 0 saturated carbocycles. The Labute approximate surface area is 328 Å². The highest BCUT2D eigenvalue weighted by Gasteiger charge is 2.20. The molecule has 0 saturated heterocycles. The number of hydrogen-bond acceptors (Lipinski definition) is 0. The fourth-order valence-corrected chi connectivity index (χ4v) is 8.34. The second-order valence-electron chi connectivity index (χ2n) is 14.5. The molecule has 0 amide bonds.